The van der Waals surface area contributed by atoms with E-state index in [2.05, 4.69) is 4.72 Å². The number of rotatable bonds is 5. The highest BCUT2D eigenvalue weighted by Gasteiger charge is 2.26. The van der Waals surface area contributed by atoms with Crippen LogP contribution in [-0.2, 0) is 14.8 Å². The van der Waals surface area contributed by atoms with Gasteiger partial charge in [0.05, 0.1) is 7.11 Å². The first-order chi connectivity index (χ1) is 11.9. The van der Waals surface area contributed by atoms with E-state index in [9.17, 15) is 13.2 Å². The highest BCUT2D eigenvalue weighted by atomic mass is 35.5. The van der Waals surface area contributed by atoms with E-state index in [1.807, 2.05) is 0 Å². The van der Waals surface area contributed by atoms with Crippen molar-refractivity contribution in [2.45, 2.75) is 17.7 Å². The third kappa shape index (κ3) is 3.72. The number of nitrogens with zero attached hydrogens (tertiary/aromatic N) is 1. The molecule has 0 bridgehead atoms. The van der Waals surface area contributed by atoms with Crippen molar-refractivity contribution in [3.63, 3.8) is 0 Å². The summed E-state index contributed by atoms with van der Waals surface area (Å²) >= 11 is 5.82. The molecular weight excluding hydrogens is 364 g/mol. The van der Waals surface area contributed by atoms with Crippen molar-refractivity contribution in [2.24, 2.45) is 0 Å². The van der Waals surface area contributed by atoms with Crippen molar-refractivity contribution >= 4 is 38.9 Å². The lowest BCUT2D eigenvalue weighted by Gasteiger charge is -2.18. The summed E-state index contributed by atoms with van der Waals surface area (Å²) in [4.78, 5) is 13.5. The van der Waals surface area contributed by atoms with Gasteiger partial charge in [-0.3, -0.25) is 9.52 Å². The van der Waals surface area contributed by atoms with Gasteiger partial charge in [0.2, 0.25) is 5.91 Å². The fourth-order valence-electron chi connectivity index (χ4n) is 2.69. The topological polar surface area (TPSA) is 75.7 Å². The Labute approximate surface area is 151 Å². The molecule has 6 nitrogen and oxygen atoms in total. The van der Waals surface area contributed by atoms with Gasteiger partial charge in [-0.2, -0.15) is 0 Å². The van der Waals surface area contributed by atoms with Crippen molar-refractivity contribution in [3.05, 3.63) is 47.5 Å². The molecule has 0 saturated carbocycles. The average Bonchev–Trinajstić information content (AvgIpc) is 3.02. The van der Waals surface area contributed by atoms with E-state index >= 15 is 0 Å². The predicted molar refractivity (Wildman–Crippen MR) is 96.8 cm³/mol. The maximum absolute atomic E-state index is 12.8. The summed E-state index contributed by atoms with van der Waals surface area (Å²) in [5.74, 6) is 0.191. The van der Waals surface area contributed by atoms with Crippen LogP contribution in [0.3, 0.4) is 0 Å². The molecule has 1 N–H and O–H groups in total. The van der Waals surface area contributed by atoms with Crippen LogP contribution in [-0.4, -0.2) is 28.0 Å². The molecule has 0 radical (unpaired) electrons. The smallest absolute Gasteiger partial charge is 0.265 e. The van der Waals surface area contributed by atoms with Crippen LogP contribution < -0.4 is 14.4 Å². The van der Waals surface area contributed by atoms with Crippen LogP contribution in [0.2, 0.25) is 5.02 Å². The Hall–Kier alpha value is -2.25. The summed E-state index contributed by atoms with van der Waals surface area (Å²) in [5, 5.41) is 0.509. The number of sulfonamides is 1. The van der Waals surface area contributed by atoms with Gasteiger partial charge in [-0.05, 0) is 48.9 Å². The molecule has 0 spiro atoms. The van der Waals surface area contributed by atoms with Gasteiger partial charge in [-0.15, -0.1) is 0 Å². The molecule has 3 rings (SSSR count). The lowest BCUT2D eigenvalue weighted by atomic mass is 10.3. The zero-order chi connectivity index (χ0) is 18.0. The third-order valence-electron chi connectivity index (χ3n) is 3.92. The maximum Gasteiger partial charge on any atom is 0.265 e. The molecule has 0 unspecified atom stereocenters. The van der Waals surface area contributed by atoms with E-state index in [1.54, 1.807) is 41.3 Å². The van der Waals surface area contributed by atoms with Crippen molar-refractivity contribution < 1.29 is 17.9 Å². The van der Waals surface area contributed by atoms with Crippen molar-refractivity contribution in [1.82, 2.24) is 0 Å². The molecule has 8 heteroatoms. The molecule has 2 aromatic carbocycles. The molecule has 1 amide bonds. The van der Waals surface area contributed by atoms with Crippen LogP contribution in [0.5, 0.6) is 5.75 Å². The van der Waals surface area contributed by atoms with Crippen LogP contribution in [0, 0.1) is 0 Å². The Bertz CT molecular complexity index is 897. The van der Waals surface area contributed by atoms with E-state index in [1.165, 1.54) is 13.2 Å². The molecular formula is C17H17ClN2O4S. The molecule has 1 aliphatic heterocycles. The monoisotopic (exact) mass is 380 g/mol. The van der Waals surface area contributed by atoms with Crippen LogP contribution >= 0.6 is 11.6 Å². The van der Waals surface area contributed by atoms with Gasteiger partial charge in [0.25, 0.3) is 10.0 Å². The number of nitrogens with one attached hydrogen (secondary N) is 1. The number of halogens is 1. The second-order valence-electron chi connectivity index (χ2n) is 5.60. The minimum absolute atomic E-state index is 0.0147. The van der Waals surface area contributed by atoms with Gasteiger partial charge >= 0.3 is 0 Å². The van der Waals surface area contributed by atoms with Gasteiger partial charge < -0.3 is 9.64 Å². The third-order valence-corrected chi connectivity index (χ3v) is 5.57. The normalized spacial score (nSPS) is 14.6. The number of hydrogen-bond acceptors (Lipinski definition) is 4. The summed E-state index contributed by atoms with van der Waals surface area (Å²) in [6.45, 7) is 0.579. The maximum atomic E-state index is 12.8. The Morgan fingerprint density at radius 1 is 1.16 bits per heavy atom. The van der Waals surface area contributed by atoms with Crippen molar-refractivity contribution in [2.75, 3.05) is 23.3 Å². The number of methoxy groups -OCH3 is 1. The van der Waals surface area contributed by atoms with Gasteiger partial charge in [-0.1, -0.05) is 11.6 Å². The number of benzene rings is 2. The fraction of sp³-hybridized carbons (Fsp3) is 0.235. The Morgan fingerprint density at radius 3 is 2.48 bits per heavy atom. The van der Waals surface area contributed by atoms with Gasteiger partial charge in [0, 0.05) is 29.4 Å². The standard InChI is InChI=1S/C17H17ClN2O4S/c1-24-15-9-8-14(20-10-2-3-17(20)21)11-16(15)25(22,23)19-13-6-4-12(18)5-7-13/h4-9,11,19H,2-3,10H2,1H3. The first-order valence-corrected chi connectivity index (χ1v) is 9.53. The van der Waals surface area contributed by atoms with E-state index < -0.39 is 10.0 Å². The Morgan fingerprint density at radius 2 is 1.88 bits per heavy atom. The van der Waals surface area contributed by atoms with E-state index in [0.29, 0.717) is 29.4 Å². The molecule has 25 heavy (non-hydrogen) atoms. The average molecular weight is 381 g/mol. The summed E-state index contributed by atoms with van der Waals surface area (Å²) < 4.78 is 33.3. The number of carbonyl (C=O) groups excluding carboxylic acids is 1. The molecule has 1 heterocycles. The van der Waals surface area contributed by atoms with E-state index in [4.69, 9.17) is 16.3 Å². The van der Waals surface area contributed by atoms with Crippen LogP contribution in [0.1, 0.15) is 12.8 Å². The van der Waals surface area contributed by atoms with E-state index in [0.717, 1.165) is 6.42 Å². The first kappa shape index (κ1) is 17.6. The highest BCUT2D eigenvalue weighted by Crippen LogP contribution is 2.32. The lowest BCUT2D eigenvalue weighted by Crippen LogP contribution is -2.24. The van der Waals surface area contributed by atoms with Crippen LogP contribution in [0.15, 0.2) is 47.4 Å². The number of anilines is 2. The Balaban J connectivity index is 1.98. The second kappa shape index (κ2) is 6.93. The summed E-state index contributed by atoms with van der Waals surface area (Å²) in [7, 11) is -2.49. The second-order valence-corrected chi connectivity index (χ2v) is 7.68. The first-order valence-electron chi connectivity index (χ1n) is 7.67. The van der Waals surface area contributed by atoms with Crippen LogP contribution in [0.25, 0.3) is 0 Å². The van der Waals surface area contributed by atoms with Gasteiger partial charge in [0.15, 0.2) is 0 Å². The highest BCUT2D eigenvalue weighted by molar-refractivity contribution is 7.92. The number of carbonyl (C=O) groups is 1. The molecule has 0 aromatic heterocycles. The molecule has 1 fully saturated rings. The van der Waals surface area contributed by atoms with Crippen molar-refractivity contribution in [1.29, 1.82) is 0 Å². The van der Waals surface area contributed by atoms with Crippen molar-refractivity contribution in [3.8, 4) is 5.75 Å². The summed E-state index contributed by atoms with van der Waals surface area (Å²) in [6, 6.07) is 11.0. The molecule has 132 valence electrons. The SMILES string of the molecule is COc1ccc(N2CCCC2=O)cc1S(=O)(=O)Nc1ccc(Cl)cc1. The number of hydrogen-bond donors (Lipinski definition) is 1. The summed E-state index contributed by atoms with van der Waals surface area (Å²) in [5.41, 5.74) is 0.925. The predicted octanol–water partition coefficient (Wildman–Crippen LogP) is 3.28. The molecule has 2 aromatic rings. The quantitative estimate of drug-likeness (QED) is 0.863. The minimum atomic E-state index is -3.89. The van der Waals surface area contributed by atoms with Crippen LogP contribution in [0.4, 0.5) is 11.4 Å². The zero-order valence-electron chi connectivity index (χ0n) is 13.5. The van der Waals surface area contributed by atoms with Gasteiger partial charge in [-0.25, -0.2) is 8.42 Å². The Kier molecular flexibility index (Phi) is 4.87. The molecule has 0 aliphatic carbocycles. The number of amides is 1. The molecule has 1 aliphatic rings. The van der Waals surface area contributed by atoms with Gasteiger partial charge in [0.1, 0.15) is 10.6 Å². The van der Waals surface area contributed by atoms with E-state index in [-0.39, 0.29) is 16.6 Å². The summed E-state index contributed by atoms with van der Waals surface area (Å²) in [6.07, 6.45) is 1.23. The number of ether oxygens (including phenoxy) is 1. The molecule has 1 saturated heterocycles. The largest absolute Gasteiger partial charge is 0.495 e. The minimum Gasteiger partial charge on any atom is -0.495 e. The lowest BCUT2D eigenvalue weighted by molar-refractivity contribution is -0.117. The fourth-order valence-corrected chi connectivity index (χ4v) is 4.07. The zero-order valence-corrected chi connectivity index (χ0v) is 15.1. The molecule has 0 atom stereocenters.